The lowest BCUT2D eigenvalue weighted by Crippen LogP contribution is -2.57. The van der Waals surface area contributed by atoms with E-state index < -0.39 is 0 Å². The van der Waals surface area contributed by atoms with Gasteiger partial charge in [0.05, 0.1) is 12.6 Å². The van der Waals surface area contributed by atoms with Crippen LogP contribution in [-0.2, 0) is 16.9 Å². The van der Waals surface area contributed by atoms with Crippen LogP contribution in [0.3, 0.4) is 0 Å². The minimum atomic E-state index is -0.326. The first-order chi connectivity index (χ1) is 17.9. The summed E-state index contributed by atoms with van der Waals surface area (Å²) in [4.78, 5) is 35.3. The summed E-state index contributed by atoms with van der Waals surface area (Å²) < 4.78 is 5.30. The van der Waals surface area contributed by atoms with Gasteiger partial charge in [0, 0.05) is 31.7 Å². The number of carbonyl (C=O) groups is 2. The van der Waals surface area contributed by atoms with Crippen LogP contribution in [0.5, 0.6) is 5.75 Å². The number of hydrogen-bond donors (Lipinski definition) is 0. The second-order valence-corrected chi connectivity index (χ2v) is 11.2. The fourth-order valence-electron chi connectivity index (χ4n) is 6.69. The van der Waals surface area contributed by atoms with Crippen molar-refractivity contribution in [2.45, 2.75) is 56.1 Å². The molecule has 1 spiro atoms. The lowest BCUT2D eigenvalue weighted by Gasteiger charge is -2.51. The number of nitrogens with zero attached hydrogens (tertiary/aromatic N) is 4. The Morgan fingerprint density at radius 1 is 0.946 bits per heavy atom. The maximum Gasteiger partial charge on any atom is 0.321 e. The van der Waals surface area contributed by atoms with Gasteiger partial charge < -0.3 is 19.4 Å². The van der Waals surface area contributed by atoms with E-state index in [0.717, 1.165) is 62.9 Å². The van der Waals surface area contributed by atoms with Gasteiger partial charge in [-0.15, -0.1) is 0 Å². The van der Waals surface area contributed by atoms with Crippen molar-refractivity contribution in [1.82, 2.24) is 19.6 Å². The van der Waals surface area contributed by atoms with Crippen LogP contribution in [0.1, 0.15) is 49.7 Å². The Morgan fingerprint density at radius 3 is 2.19 bits per heavy atom. The van der Waals surface area contributed by atoms with Crippen molar-refractivity contribution in [1.29, 1.82) is 0 Å². The summed E-state index contributed by atoms with van der Waals surface area (Å²) >= 11 is 0. The monoisotopic (exact) mass is 504 g/mol. The molecule has 7 nitrogen and oxygen atoms in total. The fourth-order valence-corrected chi connectivity index (χ4v) is 6.69. The quantitative estimate of drug-likeness (QED) is 0.564. The third kappa shape index (κ3) is 4.81. The van der Waals surface area contributed by atoms with Crippen molar-refractivity contribution in [3.05, 3.63) is 65.7 Å². The summed E-state index contributed by atoms with van der Waals surface area (Å²) in [6, 6.07) is 18.6. The summed E-state index contributed by atoms with van der Waals surface area (Å²) in [5.74, 6) is 0.892. The number of hydrogen-bond acceptors (Lipinski definition) is 4. The SMILES string of the molecule is COc1ccc(CN2CC3(CCC(c4ccccc4)(N(C)C)CC3)N(CC(=O)N3CCCC3)C2=O)cc1. The van der Waals surface area contributed by atoms with E-state index in [4.69, 9.17) is 4.74 Å². The van der Waals surface area contributed by atoms with E-state index in [9.17, 15) is 9.59 Å². The van der Waals surface area contributed by atoms with E-state index in [1.54, 1.807) is 7.11 Å². The zero-order valence-corrected chi connectivity index (χ0v) is 22.5. The van der Waals surface area contributed by atoms with Crippen molar-refractivity contribution in [2.24, 2.45) is 0 Å². The minimum Gasteiger partial charge on any atom is -0.497 e. The van der Waals surface area contributed by atoms with E-state index in [1.165, 1.54) is 5.56 Å². The van der Waals surface area contributed by atoms with Gasteiger partial charge in [-0.2, -0.15) is 0 Å². The molecule has 0 aromatic heterocycles. The van der Waals surface area contributed by atoms with E-state index in [0.29, 0.717) is 13.1 Å². The molecule has 0 N–H and O–H groups in total. The molecule has 5 rings (SSSR count). The van der Waals surface area contributed by atoms with Gasteiger partial charge >= 0.3 is 6.03 Å². The topological polar surface area (TPSA) is 56.3 Å². The van der Waals surface area contributed by atoms with Gasteiger partial charge in [-0.1, -0.05) is 42.5 Å². The van der Waals surface area contributed by atoms with Gasteiger partial charge in [0.1, 0.15) is 12.3 Å². The zero-order valence-electron chi connectivity index (χ0n) is 22.5. The molecule has 2 aromatic carbocycles. The number of urea groups is 1. The van der Waals surface area contributed by atoms with Crippen molar-refractivity contribution >= 4 is 11.9 Å². The number of rotatable bonds is 7. The summed E-state index contributed by atoms with van der Waals surface area (Å²) in [7, 11) is 5.98. The third-order valence-corrected chi connectivity index (χ3v) is 9.02. The molecular weight excluding hydrogens is 464 g/mol. The number of amides is 3. The molecule has 1 aliphatic carbocycles. The van der Waals surface area contributed by atoms with Gasteiger partial charge in [-0.05, 0) is 75.9 Å². The highest BCUT2D eigenvalue weighted by Crippen LogP contribution is 2.49. The molecule has 2 saturated heterocycles. The van der Waals surface area contributed by atoms with Crippen molar-refractivity contribution in [2.75, 3.05) is 47.4 Å². The van der Waals surface area contributed by atoms with Crippen LogP contribution in [0, 0.1) is 0 Å². The molecule has 0 bridgehead atoms. The smallest absolute Gasteiger partial charge is 0.321 e. The van der Waals surface area contributed by atoms with Crippen molar-refractivity contribution in [3.63, 3.8) is 0 Å². The average Bonchev–Trinajstić information content (AvgIpc) is 3.54. The van der Waals surface area contributed by atoms with Crippen LogP contribution < -0.4 is 4.74 Å². The molecule has 7 heteroatoms. The van der Waals surface area contributed by atoms with Gasteiger partial charge in [0.15, 0.2) is 0 Å². The summed E-state index contributed by atoms with van der Waals surface area (Å²) in [6.07, 6.45) is 5.74. The molecule has 3 aliphatic rings. The number of ether oxygens (including phenoxy) is 1. The van der Waals surface area contributed by atoms with Crippen LogP contribution in [0.15, 0.2) is 54.6 Å². The molecule has 3 fully saturated rings. The first-order valence-corrected chi connectivity index (χ1v) is 13.6. The largest absolute Gasteiger partial charge is 0.497 e. The maximum atomic E-state index is 13.9. The standard InChI is InChI=1S/C30H40N4O3/c1-31(2)30(25-9-5-4-6-10-25)17-15-29(16-18-30)23-33(21-24-11-13-26(37-3)14-12-24)28(36)34(29)22-27(35)32-19-7-8-20-32/h4-6,9-14H,7-8,15-23H2,1-3H3. The first-order valence-electron chi connectivity index (χ1n) is 13.6. The Bertz CT molecular complexity index is 1090. The lowest BCUT2D eigenvalue weighted by molar-refractivity contribution is -0.132. The Morgan fingerprint density at radius 2 is 1.59 bits per heavy atom. The van der Waals surface area contributed by atoms with E-state index >= 15 is 0 Å². The normalized spacial score (nSPS) is 25.9. The van der Waals surface area contributed by atoms with Gasteiger partial charge in [-0.25, -0.2) is 4.79 Å². The highest BCUT2D eigenvalue weighted by atomic mass is 16.5. The molecule has 0 unspecified atom stereocenters. The molecule has 198 valence electrons. The predicted molar refractivity (Wildman–Crippen MR) is 144 cm³/mol. The van der Waals surface area contributed by atoms with Gasteiger partial charge in [0.2, 0.25) is 5.91 Å². The summed E-state index contributed by atoms with van der Waals surface area (Å²) in [6.45, 7) is 2.99. The predicted octanol–water partition coefficient (Wildman–Crippen LogP) is 4.33. The van der Waals surface area contributed by atoms with Gasteiger partial charge in [-0.3, -0.25) is 9.69 Å². The molecule has 2 aliphatic heterocycles. The number of methoxy groups -OCH3 is 1. The van der Waals surface area contributed by atoms with E-state index in [-0.39, 0.29) is 29.6 Å². The lowest BCUT2D eigenvalue weighted by atomic mass is 9.68. The highest BCUT2D eigenvalue weighted by Gasteiger charge is 2.55. The van der Waals surface area contributed by atoms with Crippen molar-refractivity contribution < 1.29 is 14.3 Å². The summed E-state index contributed by atoms with van der Waals surface area (Å²) in [5.41, 5.74) is 2.00. The third-order valence-electron chi connectivity index (χ3n) is 9.02. The molecule has 0 radical (unpaired) electrons. The number of likely N-dealkylation sites (tertiary alicyclic amines) is 1. The molecule has 2 heterocycles. The molecule has 37 heavy (non-hydrogen) atoms. The van der Waals surface area contributed by atoms with Crippen LogP contribution >= 0.6 is 0 Å². The van der Waals surface area contributed by atoms with Crippen LogP contribution in [0.25, 0.3) is 0 Å². The van der Waals surface area contributed by atoms with Crippen LogP contribution in [0.4, 0.5) is 4.79 Å². The minimum absolute atomic E-state index is 0.0135. The zero-order chi connectivity index (χ0) is 26.0. The second-order valence-electron chi connectivity index (χ2n) is 11.2. The van der Waals surface area contributed by atoms with Crippen molar-refractivity contribution in [3.8, 4) is 5.75 Å². The maximum absolute atomic E-state index is 13.9. The van der Waals surface area contributed by atoms with Gasteiger partial charge in [0.25, 0.3) is 0 Å². The van der Waals surface area contributed by atoms with Crippen LogP contribution in [0.2, 0.25) is 0 Å². The van der Waals surface area contributed by atoms with E-state index in [2.05, 4.69) is 49.3 Å². The average molecular weight is 505 g/mol. The Balaban J connectivity index is 1.40. The van der Waals surface area contributed by atoms with E-state index in [1.807, 2.05) is 39.0 Å². The molecule has 1 saturated carbocycles. The Hall–Kier alpha value is -3.06. The molecular formula is C30H40N4O3. The second kappa shape index (κ2) is 10.4. The number of benzene rings is 2. The molecule has 2 aromatic rings. The summed E-state index contributed by atoms with van der Waals surface area (Å²) in [5, 5.41) is 0. The fraction of sp³-hybridized carbons (Fsp3) is 0.533. The molecule has 0 atom stereocenters. The van der Waals surface area contributed by atoms with Crippen LogP contribution in [-0.4, -0.2) is 84.5 Å². The highest BCUT2D eigenvalue weighted by molar-refractivity contribution is 5.86. The Labute approximate surface area is 221 Å². The first kappa shape index (κ1) is 25.6. The Kier molecular flexibility index (Phi) is 7.17. The molecule has 3 amide bonds. The number of carbonyl (C=O) groups excluding carboxylic acids is 2.